The van der Waals surface area contributed by atoms with Gasteiger partial charge in [0, 0.05) is 18.7 Å². The van der Waals surface area contributed by atoms with E-state index in [0.717, 1.165) is 24.9 Å². The van der Waals surface area contributed by atoms with Gasteiger partial charge in [-0.15, -0.1) is 0 Å². The standard InChI is InChI=1S/C16H17NO/c18-12-6-10-15-9-4-5-11-16(15)17-13-14-7-2-1-3-8-14/h1-5,7-9,11-12,17H,6,10,13H2. The van der Waals surface area contributed by atoms with Crippen molar-refractivity contribution in [3.05, 3.63) is 65.7 Å². The predicted octanol–water partition coefficient (Wildman–Crippen LogP) is 3.43. The maximum absolute atomic E-state index is 10.4. The second kappa shape index (κ2) is 6.60. The van der Waals surface area contributed by atoms with Crippen molar-refractivity contribution in [1.29, 1.82) is 0 Å². The average Bonchev–Trinajstić information content (AvgIpc) is 2.45. The third-order valence-electron chi connectivity index (χ3n) is 2.87. The zero-order valence-electron chi connectivity index (χ0n) is 10.3. The highest BCUT2D eigenvalue weighted by molar-refractivity contribution is 5.55. The first-order chi connectivity index (χ1) is 8.90. The van der Waals surface area contributed by atoms with E-state index in [0.29, 0.717) is 6.42 Å². The number of hydrogen-bond acceptors (Lipinski definition) is 2. The molecule has 0 saturated heterocycles. The summed E-state index contributed by atoms with van der Waals surface area (Å²) in [5.41, 5.74) is 3.56. The number of nitrogens with one attached hydrogen (secondary N) is 1. The van der Waals surface area contributed by atoms with Crippen LogP contribution in [0.4, 0.5) is 5.69 Å². The molecule has 2 heteroatoms. The molecule has 92 valence electrons. The molecule has 0 bridgehead atoms. The number of anilines is 1. The summed E-state index contributed by atoms with van der Waals surface area (Å²) in [6, 6.07) is 18.4. The molecule has 18 heavy (non-hydrogen) atoms. The molecule has 0 atom stereocenters. The Morgan fingerprint density at radius 2 is 1.67 bits per heavy atom. The topological polar surface area (TPSA) is 29.1 Å². The van der Waals surface area contributed by atoms with Gasteiger partial charge in [-0.2, -0.15) is 0 Å². The molecule has 0 unspecified atom stereocenters. The summed E-state index contributed by atoms with van der Waals surface area (Å²) < 4.78 is 0. The molecule has 2 nitrogen and oxygen atoms in total. The van der Waals surface area contributed by atoms with Gasteiger partial charge < -0.3 is 10.1 Å². The normalized spacial score (nSPS) is 10.0. The maximum Gasteiger partial charge on any atom is 0.120 e. The van der Waals surface area contributed by atoms with Gasteiger partial charge in [0.1, 0.15) is 6.29 Å². The van der Waals surface area contributed by atoms with E-state index in [1.165, 1.54) is 11.1 Å². The molecule has 1 N–H and O–H groups in total. The van der Waals surface area contributed by atoms with Crippen LogP contribution in [0.1, 0.15) is 17.5 Å². The van der Waals surface area contributed by atoms with Gasteiger partial charge in [-0.25, -0.2) is 0 Å². The van der Waals surface area contributed by atoms with Crippen LogP contribution in [0.3, 0.4) is 0 Å². The molecule has 0 aliphatic rings. The number of aryl methyl sites for hydroxylation is 1. The third-order valence-corrected chi connectivity index (χ3v) is 2.87. The number of benzene rings is 2. The van der Waals surface area contributed by atoms with Crippen LogP contribution in [0.25, 0.3) is 0 Å². The van der Waals surface area contributed by atoms with E-state index >= 15 is 0 Å². The smallest absolute Gasteiger partial charge is 0.120 e. The van der Waals surface area contributed by atoms with Crippen LogP contribution in [-0.2, 0) is 17.8 Å². The van der Waals surface area contributed by atoms with Gasteiger partial charge in [0.2, 0.25) is 0 Å². The minimum Gasteiger partial charge on any atom is -0.381 e. The van der Waals surface area contributed by atoms with Crippen molar-refractivity contribution < 1.29 is 4.79 Å². The summed E-state index contributed by atoms with van der Waals surface area (Å²) in [5.74, 6) is 0. The molecule has 2 aromatic rings. The quantitative estimate of drug-likeness (QED) is 0.782. The largest absolute Gasteiger partial charge is 0.381 e. The molecule has 0 aliphatic heterocycles. The Kier molecular flexibility index (Phi) is 4.53. The molecule has 0 aromatic heterocycles. The van der Waals surface area contributed by atoms with Gasteiger partial charge in [0.15, 0.2) is 0 Å². The van der Waals surface area contributed by atoms with Crippen molar-refractivity contribution >= 4 is 12.0 Å². The fraction of sp³-hybridized carbons (Fsp3) is 0.188. The first-order valence-corrected chi connectivity index (χ1v) is 6.19. The van der Waals surface area contributed by atoms with Crippen molar-refractivity contribution in [3.63, 3.8) is 0 Å². The molecular formula is C16H17NO. The fourth-order valence-electron chi connectivity index (χ4n) is 1.92. The van der Waals surface area contributed by atoms with Crippen LogP contribution in [-0.4, -0.2) is 6.29 Å². The van der Waals surface area contributed by atoms with Crippen molar-refractivity contribution in [1.82, 2.24) is 0 Å². The lowest BCUT2D eigenvalue weighted by Crippen LogP contribution is -2.02. The minimum absolute atomic E-state index is 0.573. The number of aldehydes is 1. The van der Waals surface area contributed by atoms with Crippen molar-refractivity contribution in [3.8, 4) is 0 Å². The second-order valence-electron chi connectivity index (χ2n) is 4.20. The van der Waals surface area contributed by atoms with Crippen LogP contribution in [0.2, 0.25) is 0 Å². The molecule has 0 fully saturated rings. The summed E-state index contributed by atoms with van der Waals surface area (Å²) >= 11 is 0. The molecule has 0 spiro atoms. The molecule has 0 saturated carbocycles. The first kappa shape index (κ1) is 12.4. The van der Waals surface area contributed by atoms with Gasteiger partial charge in [-0.1, -0.05) is 48.5 Å². The zero-order chi connectivity index (χ0) is 12.6. The van der Waals surface area contributed by atoms with Crippen LogP contribution >= 0.6 is 0 Å². The molecule has 0 aliphatic carbocycles. The van der Waals surface area contributed by atoms with Crippen LogP contribution in [0.5, 0.6) is 0 Å². The van der Waals surface area contributed by atoms with E-state index in [1.807, 2.05) is 30.3 Å². The van der Waals surface area contributed by atoms with Crippen molar-refractivity contribution in [2.75, 3.05) is 5.32 Å². The monoisotopic (exact) mass is 239 g/mol. The van der Waals surface area contributed by atoms with Crippen LogP contribution < -0.4 is 5.32 Å². The Morgan fingerprint density at radius 3 is 2.44 bits per heavy atom. The highest BCUT2D eigenvalue weighted by Gasteiger charge is 2.00. The molecule has 2 rings (SSSR count). The summed E-state index contributed by atoms with van der Waals surface area (Å²) in [4.78, 5) is 10.4. The van der Waals surface area contributed by atoms with E-state index in [4.69, 9.17) is 0 Å². The Bertz CT molecular complexity index is 493. The van der Waals surface area contributed by atoms with Gasteiger partial charge in [-0.05, 0) is 23.6 Å². The summed E-state index contributed by atoms with van der Waals surface area (Å²) in [5, 5.41) is 3.42. The van der Waals surface area contributed by atoms with E-state index in [1.54, 1.807) is 0 Å². The highest BCUT2D eigenvalue weighted by Crippen LogP contribution is 2.17. The van der Waals surface area contributed by atoms with Crippen LogP contribution in [0.15, 0.2) is 54.6 Å². The number of hydrogen-bond donors (Lipinski definition) is 1. The number of carbonyl (C=O) groups excluding carboxylic acids is 1. The third kappa shape index (κ3) is 3.45. The Hall–Kier alpha value is -2.09. The molecule has 0 radical (unpaired) electrons. The Morgan fingerprint density at radius 1 is 0.944 bits per heavy atom. The zero-order valence-corrected chi connectivity index (χ0v) is 10.3. The lowest BCUT2D eigenvalue weighted by molar-refractivity contribution is -0.107. The van der Waals surface area contributed by atoms with Crippen molar-refractivity contribution in [2.45, 2.75) is 19.4 Å². The number of para-hydroxylation sites is 1. The Labute approximate surface area is 108 Å². The summed E-state index contributed by atoms with van der Waals surface area (Å²) in [7, 11) is 0. The highest BCUT2D eigenvalue weighted by atomic mass is 16.1. The van der Waals surface area contributed by atoms with E-state index in [2.05, 4.69) is 29.6 Å². The fourth-order valence-corrected chi connectivity index (χ4v) is 1.92. The second-order valence-corrected chi connectivity index (χ2v) is 4.20. The van der Waals surface area contributed by atoms with Crippen LogP contribution in [0, 0.1) is 0 Å². The lowest BCUT2D eigenvalue weighted by atomic mass is 10.1. The molecular weight excluding hydrogens is 222 g/mol. The predicted molar refractivity (Wildman–Crippen MR) is 74.6 cm³/mol. The number of rotatable bonds is 6. The van der Waals surface area contributed by atoms with Gasteiger partial charge >= 0.3 is 0 Å². The Balaban J connectivity index is 2.02. The van der Waals surface area contributed by atoms with Gasteiger partial charge in [0.25, 0.3) is 0 Å². The lowest BCUT2D eigenvalue weighted by Gasteiger charge is -2.11. The molecule has 0 heterocycles. The van der Waals surface area contributed by atoms with E-state index < -0.39 is 0 Å². The summed E-state index contributed by atoms with van der Waals surface area (Å²) in [6.07, 6.45) is 2.33. The maximum atomic E-state index is 10.4. The summed E-state index contributed by atoms with van der Waals surface area (Å²) in [6.45, 7) is 0.805. The number of carbonyl (C=O) groups is 1. The molecule has 2 aromatic carbocycles. The minimum atomic E-state index is 0.573. The molecule has 0 amide bonds. The SMILES string of the molecule is O=CCCc1ccccc1NCc1ccccc1. The van der Waals surface area contributed by atoms with Gasteiger partial charge in [0.05, 0.1) is 0 Å². The van der Waals surface area contributed by atoms with E-state index in [-0.39, 0.29) is 0 Å². The van der Waals surface area contributed by atoms with Crippen molar-refractivity contribution in [2.24, 2.45) is 0 Å². The van der Waals surface area contributed by atoms with Gasteiger partial charge in [-0.3, -0.25) is 0 Å². The average molecular weight is 239 g/mol. The first-order valence-electron chi connectivity index (χ1n) is 6.19. The van der Waals surface area contributed by atoms with E-state index in [9.17, 15) is 4.79 Å².